The van der Waals surface area contributed by atoms with Gasteiger partial charge in [-0.15, -0.1) is 11.3 Å². The number of nitrogens with one attached hydrogen (secondary N) is 4. The Kier molecular flexibility index (Phi) is 12.3. The first-order valence-electron chi connectivity index (χ1n) is 17.4. The van der Waals surface area contributed by atoms with E-state index in [1.54, 1.807) is 31.7 Å². The van der Waals surface area contributed by atoms with Gasteiger partial charge in [0.1, 0.15) is 28.5 Å². The number of carbonyl (C=O) groups is 6. The largest absolute Gasteiger partial charge is 0.361 e. The molecule has 17 heteroatoms. The molecule has 4 heterocycles. The number of rotatable bonds is 5. The van der Waals surface area contributed by atoms with Crippen molar-refractivity contribution in [2.75, 3.05) is 40.3 Å². The van der Waals surface area contributed by atoms with Crippen LogP contribution < -0.4 is 16.0 Å². The van der Waals surface area contributed by atoms with E-state index in [0.717, 1.165) is 16.5 Å². The lowest BCUT2D eigenvalue weighted by atomic mass is 10.0. The standard InChI is InChI=1S/C36H46N10O6S/c1-21(2)15-26-33-42-28(20-53-33)32(49)41-27(16-23-17-37-25-10-8-7-9-24(23)25)35(51)44(5)18-30(47)39-22(3)34(50)43(4)13-14-46(19-31(48)40-26)36(52)29-11-12-38-45(29)6/h7-12,17,20-22,26-27,37H,13-16,18-19H2,1-6H3,(H,39,47)(H,40,48)(H,41,49)/t22-,26-,27+/m0/s1. The summed E-state index contributed by atoms with van der Waals surface area (Å²) < 4.78 is 1.41. The smallest absolute Gasteiger partial charge is 0.272 e. The van der Waals surface area contributed by atoms with Gasteiger partial charge in [0.25, 0.3) is 11.8 Å². The van der Waals surface area contributed by atoms with Gasteiger partial charge in [-0.1, -0.05) is 32.0 Å². The molecule has 3 aromatic heterocycles. The van der Waals surface area contributed by atoms with Crippen molar-refractivity contribution in [3.05, 3.63) is 70.1 Å². The Morgan fingerprint density at radius 2 is 1.64 bits per heavy atom. The molecule has 0 radical (unpaired) electrons. The van der Waals surface area contributed by atoms with Crippen molar-refractivity contribution < 1.29 is 28.8 Å². The Labute approximate surface area is 311 Å². The van der Waals surface area contributed by atoms with Crippen molar-refractivity contribution in [3.8, 4) is 0 Å². The Morgan fingerprint density at radius 3 is 2.36 bits per heavy atom. The molecule has 3 atom stereocenters. The van der Waals surface area contributed by atoms with Gasteiger partial charge in [-0.2, -0.15) is 5.10 Å². The van der Waals surface area contributed by atoms with Crippen LogP contribution in [0.15, 0.2) is 48.1 Å². The number of amides is 6. The maximum Gasteiger partial charge on any atom is 0.272 e. The zero-order valence-electron chi connectivity index (χ0n) is 30.7. The summed E-state index contributed by atoms with van der Waals surface area (Å²) in [4.78, 5) is 93.1. The summed E-state index contributed by atoms with van der Waals surface area (Å²) in [7, 11) is 4.62. The maximum absolute atomic E-state index is 13.9. The van der Waals surface area contributed by atoms with Crippen molar-refractivity contribution in [1.82, 2.24) is 50.4 Å². The molecule has 282 valence electrons. The van der Waals surface area contributed by atoms with Gasteiger partial charge in [0.15, 0.2) is 0 Å². The number of aromatic nitrogens is 4. The minimum Gasteiger partial charge on any atom is -0.361 e. The van der Waals surface area contributed by atoms with Crippen LogP contribution in [0, 0.1) is 5.92 Å². The van der Waals surface area contributed by atoms with Crippen LogP contribution in [0.4, 0.5) is 0 Å². The third-order valence-electron chi connectivity index (χ3n) is 9.05. The van der Waals surface area contributed by atoms with Gasteiger partial charge in [-0.3, -0.25) is 33.4 Å². The van der Waals surface area contributed by atoms with Gasteiger partial charge >= 0.3 is 0 Å². The molecule has 16 nitrogen and oxygen atoms in total. The summed E-state index contributed by atoms with van der Waals surface area (Å²) in [6.07, 6.45) is 3.88. The van der Waals surface area contributed by atoms with Crippen molar-refractivity contribution in [2.24, 2.45) is 13.0 Å². The second kappa shape index (κ2) is 16.8. The fourth-order valence-corrected chi connectivity index (χ4v) is 7.09. The van der Waals surface area contributed by atoms with Crippen molar-refractivity contribution >= 4 is 57.7 Å². The van der Waals surface area contributed by atoms with E-state index in [0.29, 0.717) is 11.4 Å². The van der Waals surface area contributed by atoms with Gasteiger partial charge in [0.05, 0.1) is 19.1 Å². The van der Waals surface area contributed by atoms with Gasteiger partial charge in [0.2, 0.25) is 23.6 Å². The molecule has 53 heavy (non-hydrogen) atoms. The van der Waals surface area contributed by atoms with Crippen LogP contribution in [0.2, 0.25) is 0 Å². The third kappa shape index (κ3) is 9.46. The highest BCUT2D eigenvalue weighted by Crippen LogP contribution is 2.25. The molecule has 0 unspecified atom stereocenters. The number of carbonyl (C=O) groups excluding carboxylic acids is 6. The Morgan fingerprint density at radius 1 is 0.906 bits per heavy atom. The predicted molar refractivity (Wildman–Crippen MR) is 198 cm³/mol. The Hall–Kier alpha value is -5.58. The SMILES string of the molecule is CC(C)C[C@@H]1NC(=O)CN(C(=O)c2ccnn2C)CCN(C)C(=O)[C@H](C)NC(=O)CN(C)C(=O)[C@@H](Cc2c[nH]c3ccccc23)NC(=O)c2csc1n2. The molecular weight excluding hydrogens is 701 g/mol. The van der Waals surface area contributed by atoms with Gasteiger partial charge in [-0.05, 0) is 37.0 Å². The van der Waals surface area contributed by atoms with Crippen LogP contribution in [0.1, 0.15) is 64.8 Å². The molecule has 0 saturated heterocycles. The van der Waals surface area contributed by atoms with E-state index in [1.165, 1.54) is 50.9 Å². The number of nitrogens with zero attached hydrogens (tertiary/aromatic N) is 6. The van der Waals surface area contributed by atoms with E-state index >= 15 is 0 Å². The number of aryl methyl sites for hydroxylation is 1. The topological polar surface area (TPSA) is 195 Å². The van der Waals surface area contributed by atoms with E-state index in [1.807, 2.05) is 38.1 Å². The highest BCUT2D eigenvalue weighted by molar-refractivity contribution is 7.09. The molecule has 1 aliphatic heterocycles. The molecule has 4 N–H and O–H groups in total. The number of benzene rings is 1. The van der Waals surface area contributed by atoms with Crippen molar-refractivity contribution in [2.45, 2.75) is 51.7 Å². The average molecular weight is 747 g/mol. The molecular formula is C36H46N10O6S. The van der Waals surface area contributed by atoms with Crippen LogP contribution >= 0.6 is 11.3 Å². The molecule has 4 aromatic rings. The maximum atomic E-state index is 13.9. The zero-order chi connectivity index (χ0) is 38.4. The molecule has 0 fully saturated rings. The van der Waals surface area contributed by atoms with Crippen LogP contribution in [0.3, 0.4) is 0 Å². The number of thiazole rings is 1. The third-order valence-corrected chi connectivity index (χ3v) is 10.0. The van der Waals surface area contributed by atoms with E-state index in [4.69, 9.17) is 0 Å². The average Bonchev–Trinajstić information content (AvgIpc) is 3.88. The van der Waals surface area contributed by atoms with Gasteiger partial charge in [0, 0.05) is 69.3 Å². The number of aromatic amines is 1. The van der Waals surface area contributed by atoms with Crippen molar-refractivity contribution in [1.29, 1.82) is 0 Å². The Balaban J connectivity index is 1.47. The first kappa shape index (κ1) is 38.6. The molecule has 0 saturated carbocycles. The zero-order valence-corrected chi connectivity index (χ0v) is 31.5. The number of hydrogen-bond donors (Lipinski definition) is 4. The molecule has 1 aromatic carbocycles. The fraction of sp³-hybridized carbons (Fsp3) is 0.444. The summed E-state index contributed by atoms with van der Waals surface area (Å²) in [6, 6.07) is 6.52. The number of H-pyrrole nitrogens is 1. The fourth-order valence-electron chi connectivity index (χ4n) is 6.23. The first-order chi connectivity index (χ1) is 25.2. The van der Waals surface area contributed by atoms with E-state index in [2.05, 4.69) is 31.0 Å². The second-order valence-corrected chi connectivity index (χ2v) is 14.6. The van der Waals surface area contributed by atoms with Crippen LogP contribution in [-0.2, 0) is 32.6 Å². The number of likely N-dealkylation sites (N-methyl/N-ethyl adjacent to an activating group) is 2. The lowest BCUT2D eigenvalue weighted by Crippen LogP contribution is -2.53. The molecule has 5 rings (SSSR count). The molecule has 0 aliphatic carbocycles. The summed E-state index contributed by atoms with van der Waals surface area (Å²) >= 11 is 1.20. The monoisotopic (exact) mass is 746 g/mol. The minimum atomic E-state index is -1.07. The van der Waals surface area contributed by atoms with Crippen molar-refractivity contribution in [3.63, 3.8) is 0 Å². The highest BCUT2D eigenvalue weighted by Gasteiger charge is 2.31. The number of para-hydroxylation sites is 1. The lowest BCUT2D eigenvalue weighted by Gasteiger charge is -2.28. The van der Waals surface area contributed by atoms with Gasteiger partial charge < -0.3 is 35.6 Å². The second-order valence-electron chi connectivity index (χ2n) is 13.7. The lowest BCUT2D eigenvalue weighted by molar-refractivity contribution is -0.138. The molecule has 6 amide bonds. The summed E-state index contributed by atoms with van der Waals surface area (Å²) in [6.45, 7) is 4.88. The first-order valence-corrected chi connectivity index (χ1v) is 18.3. The van der Waals surface area contributed by atoms with Crippen LogP contribution in [-0.4, -0.2) is 122 Å². The van der Waals surface area contributed by atoms with Crippen LogP contribution in [0.25, 0.3) is 10.9 Å². The number of fused-ring (bicyclic) bond motifs is 3. The predicted octanol–water partition coefficient (Wildman–Crippen LogP) is 1.48. The van der Waals surface area contributed by atoms with E-state index in [9.17, 15) is 28.8 Å². The quantitative estimate of drug-likeness (QED) is 0.236. The summed E-state index contributed by atoms with van der Waals surface area (Å²) in [5, 5.41) is 15.5. The number of hydrogen-bond acceptors (Lipinski definition) is 9. The van der Waals surface area contributed by atoms with Crippen LogP contribution in [0.5, 0.6) is 0 Å². The normalized spacial score (nSPS) is 20.3. The van der Waals surface area contributed by atoms with Gasteiger partial charge in [-0.25, -0.2) is 4.98 Å². The molecule has 1 aliphatic rings. The molecule has 2 bridgehead atoms. The summed E-state index contributed by atoms with van der Waals surface area (Å²) in [5.41, 5.74) is 1.99. The highest BCUT2D eigenvalue weighted by atomic mass is 32.1. The van der Waals surface area contributed by atoms with E-state index < -0.39 is 53.6 Å². The minimum absolute atomic E-state index is 0.00577. The van der Waals surface area contributed by atoms with E-state index in [-0.39, 0.29) is 49.9 Å². The summed E-state index contributed by atoms with van der Waals surface area (Å²) in [5.74, 6) is -2.91. The molecule has 0 spiro atoms. The Bertz CT molecular complexity index is 1980.